The van der Waals surface area contributed by atoms with Crippen LogP contribution in [0.2, 0.25) is 0 Å². The predicted molar refractivity (Wildman–Crippen MR) is 96.7 cm³/mol. The van der Waals surface area contributed by atoms with Gasteiger partial charge in [-0.3, -0.25) is 0 Å². The molecule has 0 radical (unpaired) electrons. The van der Waals surface area contributed by atoms with Gasteiger partial charge in [0.1, 0.15) is 5.82 Å². The van der Waals surface area contributed by atoms with E-state index in [4.69, 9.17) is 0 Å². The highest BCUT2D eigenvalue weighted by molar-refractivity contribution is 5.28. The molecule has 4 atom stereocenters. The lowest BCUT2D eigenvalue weighted by Gasteiger charge is -2.50. The fourth-order valence-electron chi connectivity index (χ4n) is 4.77. The Hall–Kier alpha value is -1.74. The highest BCUT2D eigenvalue weighted by atomic mass is 15.0. The summed E-state index contributed by atoms with van der Waals surface area (Å²) in [6.45, 7) is 3.04. The lowest BCUT2D eigenvalue weighted by molar-refractivity contribution is 0.0940. The van der Waals surface area contributed by atoms with Crippen LogP contribution < -0.4 is 5.32 Å². The van der Waals surface area contributed by atoms with Crippen LogP contribution in [0.1, 0.15) is 55.5 Å². The van der Waals surface area contributed by atoms with Crippen LogP contribution in [-0.4, -0.2) is 16.0 Å². The van der Waals surface area contributed by atoms with E-state index in [1.165, 1.54) is 30.4 Å². The normalized spacial score (nSPS) is 28.4. The molecule has 0 aliphatic heterocycles. The van der Waals surface area contributed by atoms with Crippen molar-refractivity contribution in [3.8, 4) is 0 Å². The van der Waals surface area contributed by atoms with E-state index in [0.29, 0.717) is 12.0 Å². The first-order valence-electron chi connectivity index (χ1n) is 9.45. The van der Waals surface area contributed by atoms with E-state index in [9.17, 15) is 0 Å². The number of hydrogen-bond donors (Lipinski definition) is 1. The molecule has 4 rings (SSSR count). The third-order valence-electron chi connectivity index (χ3n) is 5.89. The van der Waals surface area contributed by atoms with Crippen LogP contribution in [0.5, 0.6) is 0 Å². The van der Waals surface area contributed by atoms with Crippen LogP contribution in [0, 0.1) is 11.8 Å². The average Bonchev–Trinajstić information content (AvgIpc) is 3.02. The second-order valence-corrected chi connectivity index (χ2v) is 7.36. The SMILES string of the molecule is CCCc1ncc(CN[C@@H]2[C@H]3CCC[C@H]3[C@H]2c2ccccc2)cn1. The molecule has 0 saturated heterocycles. The molecule has 0 spiro atoms. The van der Waals surface area contributed by atoms with Gasteiger partial charge in [0.05, 0.1) is 0 Å². The summed E-state index contributed by atoms with van der Waals surface area (Å²) >= 11 is 0. The zero-order chi connectivity index (χ0) is 16.4. The van der Waals surface area contributed by atoms with Crippen LogP contribution in [0.4, 0.5) is 0 Å². The Morgan fingerprint density at radius 3 is 2.54 bits per heavy atom. The number of aromatic nitrogens is 2. The van der Waals surface area contributed by atoms with Crippen molar-refractivity contribution in [3.63, 3.8) is 0 Å². The molecule has 1 N–H and O–H groups in total. The van der Waals surface area contributed by atoms with E-state index in [1.54, 1.807) is 0 Å². The number of fused-ring (bicyclic) bond motifs is 1. The minimum atomic E-state index is 0.607. The lowest BCUT2D eigenvalue weighted by Crippen LogP contribution is -2.54. The zero-order valence-electron chi connectivity index (χ0n) is 14.5. The first-order chi connectivity index (χ1) is 11.9. The van der Waals surface area contributed by atoms with E-state index in [2.05, 4.69) is 52.5 Å². The van der Waals surface area contributed by atoms with E-state index >= 15 is 0 Å². The average molecular weight is 321 g/mol. The van der Waals surface area contributed by atoms with E-state index in [0.717, 1.165) is 37.0 Å². The Kier molecular flexibility index (Phi) is 4.61. The second-order valence-electron chi connectivity index (χ2n) is 7.36. The molecule has 0 amide bonds. The number of hydrogen-bond acceptors (Lipinski definition) is 3. The van der Waals surface area contributed by atoms with Gasteiger partial charge in [-0.2, -0.15) is 0 Å². The molecule has 2 fully saturated rings. The summed E-state index contributed by atoms with van der Waals surface area (Å²) in [6, 6.07) is 11.7. The Balaban J connectivity index is 1.43. The van der Waals surface area contributed by atoms with Gasteiger partial charge in [0.15, 0.2) is 0 Å². The standard InChI is InChI=1S/C21H27N3/c1-2-7-19-22-12-15(13-23-19)14-24-21-18-11-6-10-17(18)20(21)16-8-4-3-5-9-16/h3-5,8-9,12-13,17-18,20-21,24H,2,6-7,10-11,14H2,1H3/t17-,18+,20-,21-/m1/s1. The van der Waals surface area contributed by atoms with Gasteiger partial charge in [0.25, 0.3) is 0 Å². The molecule has 1 aromatic carbocycles. The molecule has 3 heteroatoms. The Morgan fingerprint density at radius 1 is 1.04 bits per heavy atom. The van der Waals surface area contributed by atoms with Crippen molar-refractivity contribution in [2.24, 2.45) is 11.8 Å². The van der Waals surface area contributed by atoms with E-state index in [-0.39, 0.29) is 0 Å². The molecule has 0 unspecified atom stereocenters. The van der Waals surface area contributed by atoms with E-state index < -0.39 is 0 Å². The van der Waals surface area contributed by atoms with Crippen molar-refractivity contribution in [1.82, 2.24) is 15.3 Å². The van der Waals surface area contributed by atoms with Gasteiger partial charge < -0.3 is 5.32 Å². The van der Waals surface area contributed by atoms with Gasteiger partial charge >= 0.3 is 0 Å². The summed E-state index contributed by atoms with van der Waals surface area (Å²) < 4.78 is 0. The lowest BCUT2D eigenvalue weighted by atomic mass is 9.60. The third-order valence-corrected chi connectivity index (χ3v) is 5.89. The molecule has 2 aliphatic carbocycles. The summed E-state index contributed by atoms with van der Waals surface area (Å²) in [5.41, 5.74) is 2.70. The molecule has 2 aromatic rings. The molecule has 1 aromatic heterocycles. The molecular formula is C21H27N3. The number of nitrogens with one attached hydrogen (secondary N) is 1. The highest BCUT2D eigenvalue weighted by Gasteiger charge is 2.52. The Bertz CT molecular complexity index is 653. The predicted octanol–water partition coefficient (Wildman–Crippen LogP) is 4.10. The topological polar surface area (TPSA) is 37.8 Å². The maximum atomic E-state index is 4.48. The van der Waals surface area contributed by atoms with Crippen LogP contribution in [0.15, 0.2) is 42.7 Å². The van der Waals surface area contributed by atoms with Gasteiger partial charge in [-0.05, 0) is 36.7 Å². The summed E-state index contributed by atoms with van der Waals surface area (Å²) in [4.78, 5) is 8.97. The number of aryl methyl sites for hydroxylation is 1. The van der Waals surface area contributed by atoms with Crippen LogP contribution in [0.25, 0.3) is 0 Å². The van der Waals surface area contributed by atoms with Gasteiger partial charge in [-0.15, -0.1) is 0 Å². The van der Waals surface area contributed by atoms with Crippen LogP contribution >= 0.6 is 0 Å². The summed E-state index contributed by atoms with van der Waals surface area (Å²) in [5.74, 6) is 3.38. The molecule has 0 bridgehead atoms. The largest absolute Gasteiger partial charge is 0.309 e. The maximum absolute atomic E-state index is 4.48. The van der Waals surface area contributed by atoms with Crippen molar-refractivity contribution >= 4 is 0 Å². The van der Waals surface area contributed by atoms with Gasteiger partial charge in [0.2, 0.25) is 0 Å². The smallest absolute Gasteiger partial charge is 0.128 e. The first-order valence-corrected chi connectivity index (χ1v) is 9.45. The minimum Gasteiger partial charge on any atom is -0.309 e. The Labute approximate surface area is 144 Å². The van der Waals surface area contributed by atoms with E-state index in [1.807, 2.05) is 12.4 Å². The number of rotatable bonds is 6. The number of nitrogens with zero attached hydrogens (tertiary/aromatic N) is 2. The van der Waals surface area contributed by atoms with Crippen LogP contribution in [0.3, 0.4) is 0 Å². The molecule has 24 heavy (non-hydrogen) atoms. The summed E-state index contributed by atoms with van der Waals surface area (Å²) in [5, 5.41) is 3.83. The minimum absolute atomic E-state index is 0.607. The summed E-state index contributed by atoms with van der Waals surface area (Å²) in [7, 11) is 0. The molecule has 126 valence electrons. The first kappa shape index (κ1) is 15.8. The van der Waals surface area contributed by atoms with Crippen molar-refractivity contribution in [2.45, 2.75) is 57.5 Å². The second kappa shape index (κ2) is 7.02. The fraction of sp³-hybridized carbons (Fsp3) is 0.524. The van der Waals surface area contributed by atoms with Crippen molar-refractivity contribution in [3.05, 3.63) is 59.7 Å². The molecule has 2 aliphatic rings. The van der Waals surface area contributed by atoms with Gasteiger partial charge in [0, 0.05) is 42.9 Å². The molecular weight excluding hydrogens is 294 g/mol. The highest BCUT2D eigenvalue weighted by Crippen LogP contribution is 2.55. The quantitative estimate of drug-likeness (QED) is 0.870. The molecule has 2 saturated carbocycles. The van der Waals surface area contributed by atoms with Crippen molar-refractivity contribution in [2.75, 3.05) is 0 Å². The molecule has 3 nitrogen and oxygen atoms in total. The van der Waals surface area contributed by atoms with Gasteiger partial charge in [-0.25, -0.2) is 9.97 Å². The monoisotopic (exact) mass is 321 g/mol. The van der Waals surface area contributed by atoms with Crippen molar-refractivity contribution in [1.29, 1.82) is 0 Å². The fourth-order valence-corrected chi connectivity index (χ4v) is 4.77. The summed E-state index contributed by atoms with van der Waals surface area (Å²) in [6.07, 6.45) is 10.2. The third kappa shape index (κ3) is 2.98. The maximum Gasteiger partial charge on any atom is 0.128 e. The van der Waals surface area contributed by atoms with Crippen molar-refractivity contribution < 1.29 is 0 Å². The van der Waals surface area contributed by atoms with Gasteiger partial charge in [-0.1, -0.05) is 43.7 Å². The molecule has 1 heterocycles. The Morgan fingerprint density at radius 2 is 1.79 bits per heavy atom. The number of benzene rings is 1. The zero-order valence-corrected chi connectivity index (χ0v) is 14.5. The van der Waals surface area contributed by atoms with Crippen LogP contribution in [-0.2, 0) is 13.0 Å².